The largest absolute Gasteiger partial charge is 0.508 e. The SMILES string of the molecule is Cc1ncn(CCNC(=O)[C@H](Cc2ccc(O)cc2)c2ccccc2)c1C. The number of amides is 1. The van der Waals surface area contributed by atoms with E-state index in [-0.39, 0.29) is 17.6 Å². The molecule has 1 atom stereocenters. The lowest BCUT2D eigenvalue weighted by Gasteiger charge is -2.18. The van der Waals surface area contributed by atoms with Crippen LogP contribution in [0.15, 0.2) is 60.9 Å². The number of nitrogens with one attached hydrogen (secondary N) is 1. The lowest BCUT2D eigenvalue weighted by molar-refractivity contribution is -0.122. The molecule has 1 amide bonds. The van der Waals surface area contributed by atoms with Crippen molar-refractivity contribution in [2.24, 2.45) is 0 Å². The fourth-order valence-electron chi connectivity index (χ4n) is 3.11. The molecule has 5 nitrogen and oxygen atoms in total. The number of aromatic hydroxyl groups is 1. The summed E-state index contributed by atoms with van der Waals surface area (Å²) >= 11 is 0. The molecule has 27 heavy (non-hydrogen) atoms. The number of phenols is 1. The van der Waals surface area contributed by atoms with Crippen molar-refractivity contribution in [1.82, 2.24) is 14.9 Å². The second kappa shape index (κ2) is 8.54. The summed E-state index contributed by atoms with van der Waals surface area (Å²) in [6.07, 6.45) is 2.39. The molecule has 0 radical (unpaired) electrons. The van der Waals surface area contributed by atoms with Crippen LogP contribution in [-0.2, 0) is 17.8 Å². The second-order valence-corrected chi connectivity index (χ2v) is 6.73. The third kappa shape index (κ3) is 4.76. The van der Waals surface area contributed by atoms with Crippen molar-refractivity contribution in [3.63, 3.8) is 0 Å². The lowest BCUT2D eigenvalue weighted by atomic mass is 9.91. The normalized spacial score (nSPS) is 11.9. The number of phenolic OH excluding ortho intramolecular Hbond substituents is 1. The Hall–Kier alpha value is -3.08. The first-order chi connectivity index (χ1) is 13.0. The Bertz CT molecular complexity index is 886. The van der Waals surface area contributed by atoms with Crippen LogP contribution < -0.4 is 5.32 Å². The monoisotopic (exact) mass is 363 g/mol. The Morgan fingerprint density at radius 3 is 2.44 bits per heavy atom. The standard InChI is InChI=1S/C22H25N3O2/c1-16-17(2)25(15-24-16)13-12-23-22(27)21(19-6-4-3-5-7-19)14-18-8-10-20(26)11-9-18/h3-11,15,21,26H,12-14H2,1-2H3,(H,23,27)/t21-/m1/s1. The molecule has 0 saturated carbocycles. The van der Waals surface area contributed by atoms with Crippen LogP contribution in [0.4, 0.5) is 0 Å². The third-order valence-corrected chi connectivity index (χ3v) is 4.89. The van der Waals surface area contributed by atoms with Gasteiger partial charge in [0.1, 0.15) is 5.75 Å². The molecule has 3 aromatic rings. The molecule has 0 aliphatic heterocycles. The first kappa shape index (κ1) is 18.7. The molecule has 140 valence electrons. The number of nitrogens with zero attached hydrogens (tertiary/aromatic N) is 2. The van der Waals surface area contributed by atoms with Crippen molar-refractivity contribution in [3.8, 4) is 5.75 Å². The number of aromatic nitrogens is 2. The van der Waals surface area contributed by atoms with Crippen molar-refractivity contribution >= 4 is 5.91 Å². The number of hydrogen-bond acceptors (Lipinski definition) is 3. The molecule has 0 spiro atoms. The summed E-state index contributed by atoms with van der Waals surface area (Å²) in [5.41, 5.74) is 4.12. The van der Waals surface area contributed by atoms with E-state index in [1.807, 2.05) is 67.2 Å². The Balaban J connectivity index is 1.68. The van der Waals surface area contributed by atoms with Crippen molar-refractivity contribution in [1.29, 1.82) is 0 Å². The Morgan fingerprint density at radius 2 is 1.81 bits per heavy atom. The Labute approximate surface area is 159 Å². The highest BCUT2D eigenvalue weighted by Gasteiger charge is 2.20. The summed E-state index contributed by atoms with van der Waals surface area (Å²) in [6, 6.07) is 16.8. The van der Waals surface area contributed by atoms with Gasteiger partial charge in [0.2, 0.25) is 5.91 Å². The summed E-state index contributed by atoms with van der Waals surface area (Å²) in [4.78, 5) is 17.2. The van der Waals surface area contributed by atoms with Gasteiger partial charge in [-0.15, -0.1) is 0 Å². The minimum absolute atomic E-state index is 0.00349. The van der Waals surface area contributed by atoms with Gasteiger partial charge in [-0.3, -0.25) is 4.79 Å². The van der Waals surface area contributed by atoms with E-state index in [0.717, 1.165) is 22.5 Å². The molecule has 0 unspecified atom stereocenters. The molecule has 0 saturated heterocycles. The van der Waals surface area contributed by atoms with E-state index in [2.05, 4.69) is 10.3 Å². The van der Waals surface area contributed by atoms with Gasteiger partial charge in [0, 0.05) is 18.8 Å². The van der Waals surface area contributed by atoms with E-state index in [4.69, 9.17) is 0 Å². The fourth-order valence-corrected chi connectivity index (χ4v) is 3.11. The van der Waals surface area contributed by atoms with Gasteiger partial charge in [0.25, 0.3) is 0 Å². The molecule has 0 bridgehead atoms. The van der Waals surface area contributed by atoms with Crippen LogP contribution in [-0.4, -0.2) is 27.1 Å². The van der Waals surface area contributed by atoms with Gasteiger partial charge in [-0.2, -0.15) is 0 Å². The molecule has 0 aliphatic carbocycles. The van der Waals surface area contributed by atoms with Gasteiger partial charge in [-0.05, 0) is 43.5 Å². The molecular weight excluding hydrogens is 338 g/mol. The zero-order valence-electron chi connectivity index (χ0n) is 15.7. The molecule has 0 fully saturated rings. The van der Waals surface area contributed by atoms with E-state index in [1.165, 1.54) is 0 Å². The molecule has 5 heteroatoms. The van der Waals surface area contributed by atoms with Crippen LogP contribution in [0, 0.1) is 13.8 Å². The van der Waals surface area contributed by atoms with Gasteiger partial charge < -0.3 is 15.0 Å². The minimum atomic E-state index is -0.277. The van der Waals surface area contributed by atoms with E-state index < -0.39 is 0 Å². The summed E-state index contributed by atoms with van der Waals surface area (Å²) in [7, 11) is 0. The molecule has 1 heterocycles. The second-order valence-electron chi connectivity index (χ2n) is 6.73. The Morgan fingerprint density at radius 1 is 1.11 bits per heavy atom. The number of carbonyl (C=O) groups excluding carboxylic acids is 1. The van der Waals surface area contributed by atoms with Crippen LogP contribution in [0.5, 0.6) is 5.75 Å². The molecular formula is C22H25N3O2. The van der Waals surface area contributed by atoms with Gasteiger partial charge >= 0.3 is 0 Å². The van der Waals surface area contributed by atoms with Crippen molar-refractivity contribution in [3.05, 3.63) is 83.4 Å². The zero-order chi connectivity index (χ0) is 19.2. The van der Waals surface area contributed by atoms with Crippen LogP contribution in [0.1, 0.15) is 28.4 Å². The van der Waals surface area contributed by atoms with Gasteiger partial charge in [0.05, 0.1) is 17.9 Å². The molecule has 2 N–H and O–H groups in total. The highest BCUT2D eigenvalue weighted by Crippen LogP contribution is 2.22. The topological polar surface area (TPSA) is 67.2 Å². The summed E-state index contributed by atoms with van der Waals surface area (Å²) < 4.78 is 2.05. The minimum Gasteiger partial charge on any atom is -0.508 e. The van der Waals surface area contributed by atoms with Crippen molar-refractivity contribution in [2.45, 2.75) is 32.7 Å². The third-order valence-electron chi connectivity index (χ3n) is 4.89. The first-order valence-corrected chi connectivity index (χ1v) is 9.13. The number of rotatable bonds is 7. The lowest BCUT2D eigenvalue weighted by Crippen LogP contribution is -2.33. The van der Waals surface area contributed by atoms with E-state index in [1.54, 1.807) is 12.1 Å². The van der Waals surface area contributed by atoms with Gasteiger partial charge in [0.15, 0.2) is 0 Å². The predicted octanol–water partition coefficient (Wildman–Crippen LogP) is 3.35. The van der Waals surface area contributed by atoms with Crippen LogP contribution in [0.2, 0.25) is 0 Å². The number of imidazole rings is 1. The zero-order valence-corrected chi connectivity index (χ0v) is 15.7. The van der Waals surface area contributed by atoms with Crippen molar-refractivity contribution in [2.75, 3.05) is 6.54 Å². The average Bonchev–Trinajstić information content (AvgIpc) is 3.00. The number of carbonyl (C=O) groups is 1. The maximum Gasteiger partial charge on any atom is 0.227 e. The van der Waals surface area contributed by atoms with Crippen LogP contribution in [0.25, 0.3) is 0 Å². The summed E-state index contributed by atoms with van der Waals surface area (Å²) in [5.74, 6) is -0.0458. The first-order valence-electron chi connectivity index (χ1n) is 9.13. The quantitative estimate of drug-likeness (QED) is 0.676. The number of hydrogen-bond donors (Lipinski definition) is 2. The molecule has 3 rings (SSSR count). The van der Waals surface area contributed by atoms with Crippen molar-refractivity contribution < 1.29 is 9.90 Å². The number of aryl methyl sites for hydroxylation is 1. The number of benzene rings is 2. The van der Waals surface area contributed by atoms with Crippen LogP contribution >= 0.6 is 0 Å². The summed E-state index contributed by atoms with van der Waals surface area (Å²) in [5, 5.41) is 12.5. The van der Waals surface area contributed by atoms with E-state index >= 15 is 0 Å². The van der Waals surface area contributed by atoms with Crippen LogP contribution in [0.3, 0.4) is 0 Å². The van der Waals surface area contributed by atoms with E-state index in [0.29, 0.717) is 19.5 Å². The smallest absolute Gasteiger partial charge is 0.227 e. The van der Waals surface area contributed by atoms with Gasteiger partial charge in [-0.25, -0.2) is 4.98 Å². The summed E-state index contributed by atoms with van der Waals surface area (Å²) in [6.45, 7) is 5.25. The Kier molecular flexibility index (Phi) is 5.91. The maximum atomic E-state index is 12.9. The predicted molar refractivity (Wildman–Crippen MR) is 106 cm³/mol. The van der Waals surface area contributed by atoms with E-state index in [9.17, 15) is 9.90 Å². The maximum absolute atomic E-state index is 12.9. The average molecular weight is 363 g/mol. The fraction of sp³-hybridized carbons (Fsp3) is 0.273. The highest BCUT2D eigenvalue weighted by atomic mass is 16.3. The molecule has 1 aromatic heterocycles. The molecule has 2 aromatic carbocycles. The van der Waals surface area contributed by atoms with Gasteiger partial charge in [-0.1, -0.05) is 42.5 Å². The highest BCUT2D eigenvalue weighted by molar-refractivity contribution is 5.84. The molecule has 0 aliphatic rings.